The number of carbonyl (C=O) groups is 1. The van der Waals surface area contributed by atoms with Gasteiger partial charge in [0.1, 0.15) is 5.54 Å². The fraction of sp³-hybridized carbons (Fsp3) is 0.375. The van der Waals surface area contributed by atoms with Crippen molar-refractivity contribution in [2.45, 2.75) is 32.4 Å². The lowest BCUT2D eigenvalue weighted by atomic mass is 9.86. The zero-order chi connectivity index (χ0) is 15.5. The van der Waals surface area contributed by atoms with Crippen LogP contribution in [0.5, 0.6) is 0 Å². The average Bonchev–Trinajstić information content (AvgIpc) is 2.81. The number of nitrogens with zero attached hydrogens (tertiary/aromatic N) is 2. The lowest BCUT2D eigenvalue weighted by Gasteiger charge is -2.30. The molecule has 5 nitrogen and oxygen atoms in total. The van der Waals surface area contributed by atoms with Gasteiger partial charge in [0.15, 0.2) is 0 Å². The first-order valence-electron chi connectivity index (χ1n) is 6.97. The van der Waals surface area contributed by atoms with Crippen LogP contribution < -0.4 is 5.32 Å². The molecule has 5 heteroatoms. The van der Waals surface area contributed by atoms with Crippen LogP contribution in [-0.2, 0) is 16.9 Å². The van der Waals surface area contributed by atoms with Gasteiger partial charge in [-0.3, -0.25) is 0 Å². The van der Waals surface area contributed by atoms with Crippen LogP contribution in [0.2, 0.25) is 0 Å². The van der Waals surface area contributed by atoms with Gasteiger partial charge in [-0.1, -0.05) is 30.3 Å². The maximum atomic E-state index is 11.9. The highest BCUT2D eigenvalue weighted by Gasteiger charge is 2.38. The first-order chi connectivity index (χ1) is 10.0. The quantitative estimate of drug-likeness (QED) is 0.853. The van der Waals surface area contributed by atoms with E-state index in [1.807, 2.05) is 48.7 Å². The maximum absolute atomic E-state index is 11.9. The van der Waals surface area contributed by atoms with Crippen molar-refractivity contribution >= 4 is 5.97 Å². The number of carboxylic acid groups (broad SMARTS) is 1. The molecule has 0 bridgehead atoms. The van der Waals surface area contributed by atoms with E-state index in [2.05, 4.69) is 10.3 Å². The Hall–Kier alpha value is -2.14. The third-order valence-corrected chi connectivity index (χ3v) is 4.13. The number of likely N-dealkylation sites (N-methyl/N-ethyl adjacent to an activating group) is 1. The van der Waals surface area contributed by atoms with Crippen molar-refractivity contribution in [2.24, 2.45) is 0 Å². The van der Waals surface area contributed by atoms with E-state index in [0.717, 1.165) is 17.0 Å². The molecule has 1 aromatic carbocycles. The van der Waals surface area contributed by atoms with Crippen LogP contribution in [0.3, 0.4) is 0 Å². The number of imidazole rings is 1. The molecule has 0 fully saturated rings. The van der Waals surface area contributed by atoms with Crippen molar-refractivity contribution in [1.82, 2.24) is 14.9 Å². The molecule has 2 N–H and O–H groups in total. The van der Waals surface area contributed by atoms with Gasteiger partial charge in [-0.15, -0.1) is 0 Å². The van der Waals surface area contributed by atoms with Gasteiger partial charge in [0.2, 0.25) is 0 Å². The molecule has 0 saturated heterocycles. The van der Waals surface area contributed by atoms with Crippen LogP contribution in [0, 0.1) is 13.8 Å². The van der Waals surface area contributed by atoms with Gasteiger partial charge in [0.05, 0.1) is 12.0 Å². The van der Waals surface area contributed by atoms with Crippen LogP contribution in [0.15, 0.2) is 36.7 Å². The number of carboxylic acids is 1. The number of aliphatic carboxylic acids is 1. The molecule has 112 valence electrons. The van der Waals surface area contributed by atoms with Crippen LogP contribution in [0.25, 0.3) is 0 Å². The van der Waals surface area contributed by atoms with Crippen LogP contribution in [0.4, 0.5) is 0 Å². The molecule has 0 aliphatic carbocycles. The SMILES string of the molecule is CNC(CCn1cnc(C)c1C)(C(=O)O)c1ccccc1. The van der Waals surface area contributed by atoms with Gasteiger partial charge < -0.3 is 15.0 Å². The molecule has 1 atom stereocenters. The van der Waals surface area contributed by atoms with Crippen molar-refractivity contribution in [2.75, 3.05) is 7.05 Å². The predicted molar refractivity (Wildman–Crippen MR) is 81.1 cm³/mol. The summed E-state index contributed by atoms with van der Waals surface area (Å²) >= 11 is 0. The minimum atomic E-state index is -1.09. The first-order valence-corrected chi connectivity index (χ1v) is 6.97. The van der Waals surface area contributed by atoms with Gasteiger partial charge in [-0.25, -0.2) is 9.78 Å². The Labute approximate surface area is 124 Å². The molecule has 0 amide bonds. The van der Waals surface area contributed by atoms with E-state index in [1.54, 1.807) is 13.4 Å². The lowest BCUT2D eigenvalue weighted by molar-refractivity contribution is -0.145. The predicted octanol–water partition coefficient (Wildman–Crippen LogP) is 2.09. The number of benzene rings is 1. The van der Waals surface area contributed by atoms with Gasteiger partial charge >= 0.3 is 5.97 Å². The third-order valence-electron chi connectivity index (χ3n) is 4.13. The smallest absolute Gasteiger partial charge is 0.328 e. The standard InChI is InChI=1S/C16H21N3O2/c1-12-13(2)19(11-18-12)10-9-16(17-3,15(20)21)14-7-5-4-6-8-14/h4-8,11,17H,9-10H2,1-3H3,(H,20,21). The summed E-state index contributed by atoms with van der Waals surface area (Å²) < 4.78 is 1.99. The zero-order valence-corrected chi connectivity index (χ0v) is 12.6. The molecule has 1 heterocycles. The summed E-state index contributed by atoms with van der Waals surface area (Å²) in [7, 11) is 1.69. The molecule has 2 rings (SSSR count). The first kappa shape index (κ1) is 15.3. The average molecular weight is 287 g/mol. The summed E-state index contributed by atoms with van der Waals surface area (Å²) in [6.07, 6.45) is 2.21. The minimum absolute atomic E-state index is 0.444. The molecule has 0 saturated carbocycles. The molecule has 0 aliphatic heterocycles. The van der Waals surface area contributed by atoms with Gasteiger partial charge in [0, 0.05) is 12.2 Å². The Bertz CT molecular complexity index is 622. The van der Waals surface area contributed by atoms with Crippen LogP contribution in [-0.4, -0.2) is 27.7 Å². The second-order valence-corrected chi connectivity index (χ2v) is 5.19. The fourth-order valence-electron chi connectivity index (χ4n) is 2.53. The number of hydrogen-bond donors (Lipinski definition) is 2. The van der Waals surface area contributed by atoms with Crippen LogP contribution in [0.1, 0.15) is 23.4 Å². The molecule has 2 aromatic rings. The summed E-state index contributed by atoms with van der Waals surface area (Å²) in [5.74, 6) is -0.870. The highest BCUT2D eigenvalue weighted by molar-refractivity contribution is 5.80. The summed E-state index contributed by atoms with van der Waals surface area (Å²) in [5, 5.41) is 12.7. The van der Waals surface area contributed by atoms with Crippen molar-refractivity contribution in [3.8, 4) is 0 Å². The summed E-state index contributed by atoms with van der Waals surface area (Å²) in [4.78, 5) is 16.1. The Kier molecular flexibility index (Phi) is 4.43. The lowest BCUT2D eigenvalue weighted by Crippen LogP contribution is -2.48. The van der Waals surface area contributed by atoms with Crippen molar-refractivity contribution in [1.29, 1.82) is 0 Å². The summed E-state index contributed by atoms with van der Waals surface area (Å²) in [6, 6.07) is 9.29. The second-order valence-electron chi connectivity index (χ2n) is 5.19. The molecule has 0 radical (unpaired) electrons. The highest BCUT2D eigenvalue weighted by atomic mass is 16.4. The van der Waals surface area contributed by atoms with E-state index in [-0.39, 0.29) is 0 Å². The van der Waals surface area contributed by atoms with Crippen molar-refractivity contribution in [3.05, 3.63) is 53.6 Å². The van der Waals surface area contributed by atoms with E-state index < -0.39 is 11.5 Å². The molecule has 0 spiro atoms. The molecule has 1 unspecified atom stereocenters. The van der Waals surface area contributed by atoms with E-state index in [0.29, 0.717) is 13.0 Å². The molecule has 1 aromatic heterocycles. The summed E-state index contributed by atoms with van der Waals surface area (Å²) in [5.41, 5.74) is 1.71. The normalized spacial score (nSPS) is 13.9. The van der Waals surface area contributed by atoms with Gasteiger partial charge in [0.25, 0.3) is 0 Å². The maximum Gasteiger partial charge on any atom is 0.328 e. The number of aryl methyl sites for hydroxylation is 2. The number of aromatic nitrogens is 2. The van der Waals surface area contributed by atoms with Crippen molar-refractivity contribution in [3.63, 3.8) is 0 Å². The zero-order valence-electron chi connectivity index (χ0n) is 12.6. The van der Waals surface area contributed by atoms with E-state index >= 15 is 0 Å². The second kappa shape index (κ2) is 6.10. The molecule has 21 heavy (non-hydrogen) atoms. The Morgan fingerprint density at radius 1 is 1.33 bits per heavy atom. The number of rotatable bonds is 6. The topological polar surface area (TPSA) is 67.2 Å². The minimum Gasteiger partial charge on any atom is -0.480 e. The van der Waals surface area contributed by atoms with Crippen molar-refractivity contribution < 1.29 is 9.90 Å². The van der Waals surface area contributed by atoms with Crippen LogP contribution >= 0.6 is 0 Å². The monoisotopic (exact) mass is 287 g/mol. The van der Waals surface area contributed by atoms with Gasteiger partial charge in [-0.2, -0.15) is 0 Å². The van der Waals surface area contributed by atoms with E-state index in [4.69, 9.17) is 0 Å². The summed E-state index contributed by atoms with van der Waals surface area (Å²) in [6.45, 7) is 4.53. The third kappa shape index (κ3) is 2.83. The number of hydrogen-bond acceptors (Lipinski definition) is 3. The highest BCUT2D eigenvalue weighted by Crippen LogP contribution is 2.26. The molecular formula is C16H21N3O2. The fourth-order valence-corrected chi connectivity index (χ4v) is 2.53. The molecular weight excluding hydrogens is 266 g/mol. The largest absolute Gasteiger partial charge is 0.480 e. The van der Waals surface area contributed by atoms with Gasteiger partial charge in [-0.05, 0) is 32.9 Å². The Morgan fingerprint density at radius 2 is 2.00 bits per heavy atom. The Morgan fingerprint density at radius 3 is 2.48 bits per heavy atom. The number of nitrogens with one attached hydrogen (secondary N) is 1. The Balaban J connectivity index is 2.29. The van der Waals surface area contributed by atoms with E-state index in [1.165, 1.54) is 0 Å². The molecule has 0 aliphatic rings. The van der Waals surface area contributed by atoms with E-state index in [9.17, 15) is 9.90 Å².